The number of nitrogens with one attached hydrogen (secondary N) is 1. The smallest absolute Gasteiger partial charge is 0.308 e. The van der Waals surface area contributed by atoms with Crippen molar-refractivity contribution in [1.29, 1.82) is 0 Å². The molecule has 1 aromatic carbocycles. The van der Waals surface area contributed by atoms with Crippen molar-refractivity contribution in [3.8, 4) is 22.8 Å². The van der Waals surface area contributed by atoms with Gasteiger partial charge in [-0.3, -0.25) is 9.00 Å². The first-order chi connectivity index (χ1) is 12.2. The summed E-state index contributed by atoms with van der Waals surface area (Å²) >= 11 is 6.89. The lowest BCUT2D eigenvalue weighted by atomic mass is 10.1. The average molecular weight is 470 g/mol. The highest BCUT2D eigenvalue weighted by Crippen LogP contribution is 2.49. The monoisotopic (exact) mass is 468 g/mol. The number of furan rings is 1. The van der Waals surface area contributed by atoms with Gasteiger partial charge in [0.15, 0.2) is 11.5 Å². The molecule has 0 amide bonds. The van der Waals surface area contributed by atoms with Crippen LogP contribution in [0.2, 0.25) is 5.02 Å². The molecule has 11 heteroatoms. The van der Waals surface area contributed by atoms with Crippen LogP contribution in [0.4, 0.5) is 4.39 Å². The first-order valence-electron chi connectivity index (χ1n) is 7.17. The van der Waals surface area contributed by atoms with Crippen molar-refractivity contribution < 1.29 is 32.2 Å². The number of ether oxygens (including phenoxy) is 1. The molecule has 0 aliphatic rings. The normalized spacial score (nSPS) is 13.4. The van der Waals surface area contributed by atoms with Gasteiger partial charge >= 0.3 is 5.97 Å². The van der Waals surface area contributed by atoms with Gasteiger partial charge in [0.25, 0.3) is 0 Å². The number of alkyl halides is 1. The molecule has 2 rings (SSSR count). The highest BCUT2D eigenvalue weighted by Gasteiger charge is 2.29. The van der Waals surface area contributed by atoms with Crippen molar-refractivity contribution in [3.05, 3.63) is 34.8 Å². The van der Waals surface area contributed by atoms with E-state index >= 15 is 0 Å². The summed E-state index contributed by atoms with van der Waals surface area (Å²) in [4.78, 5) is 10.7. The van der Waals surface area contributed by atoms with Gasteiger partial charge < -0.3 is 18.8 Å². The molecule has 2 unspecified atom stereocenters. The van der Waals surface area contributed by atoms with E-state index in [1.165, 1.54) is 6.07 Å². The van der Waals surface area contributed by atoms with E-state index in [4.69, 9.17) is 20.8 Å². The zero-order valence-corrected chi connectivity index (χ0v) is 16.4. The SMILES string of the molecule is CC(=O)Oc1c(C(Br)CCNS(=O)[O-])oc(-c2cc(F)ccc2Cl)c1O. The second-order valence-electron chi connectivity index (χ2n) is 5.08. The van der Waals surface area contributed by atoms with Crippen LogP contribution in [0.15, 0.2) is 22.6 Å². The zero-order valence-electron chi connectivity index (χ0n) is 13.3. The largest absolute Gasteiger partial charge is 0.760 e. The number of halogens is 3. The Bertz CT molecular complexity index is 846. The van der Waals surface area contributed by atoms with Gasteiger partial charge in [0.2, 0.25) is 11.5 Å². The van der Waals surface area contributed by atoms with Crippen molar-refractivity contribution in [3.63, 3.8) is 0 Å². The fourth-order valence-electron chi connectivity index (χ4n) is 2.13. The predicted octanol–water partition coefficient (Wildman–Crippen LogP) is 3.58. The van der Waals surface area contributed by atoms with Gasteiger partial charge in [0.1, 0.15) is 5.82 Å². The summed E-state index contributed by atoms with van der Waals surface area (Å²) in [6.45, 7) is 1.19. The number of carbonyl (C=O) groups excluding carboxylic acids is 1. The topological polar surface area (TPSA) is 112 Å². The maximum atomic E-state index is 13.5. The molecule has 0 aliphatic heterocycles. The Morgan fingerprint density at radius 3 is 2.88 bits per heavy atom. The standard InChI is InChI=1S/C15H14BrClFNO6S/c1-7(20)24-15-12(21)13(9-6-8(18)2-3-11(9)17)25-14(15)10(16)4-5-19-26(22)23/h2-3,6,10,19,21H,4-5H2,1H3,(H,22,23)/p-1. The molecule has 2 N–H and O–H groups in total. The molecular weight excluding hydrogens is 457 g/mol. The minimum atomic E-state index is -2.43. The molecule has 0 saturated heterocycles. The highest BCUT2D eigenvalue weighted by atomic mass is 79.9. The zero-order chi connectivity index (χ0) is 19.4. The number of rotatable bonds is 7. The molecule has 0 fully saturated rings. The molecule has 0 aliphatic carbocycles. The van der Waals surface area contributed by atoms with Gasteiger partial charge in [-0.25, -0.2) is 9.11 Å². The Hall–Kier alpha value is -1.46. The summed E-state index contributed by atoms with van der Waals surface area (Å²) in [6.07, 6.45) is 0.214. The van der Waals surface area contributed by atoms with E-state index in [-0.39, 0.29) is 40.8 Å². The maximum absolute atomic E-state index is 13.5. The molecule has 2 aromatic rings. The Labute approximate surface area is 164 Å². The van der Waals surface area contributed by atoms with Crippen LogP contribution in [0.1, 0.15) is 23.9 Å². The third kappa shape index (κ3) is 5.04. The minimum absolute atomic E-state index is 0.0338. The molecule has 0 saturated carbocycles. The first-order valence-corrected chi connectivity index (χ1v) is 9.53. The van der Waals surface area contributed by atoms with E-state index in [2.05, 4.69) is 20.7 Å². The molecular formula is C15H13BrClFNO6S-. The Morgan fingerprint density at radius 1 is 1.58 bits per heavy atom. The van der Waals surface area contributed by atoms with Crippen LogP contribution >= 0.6 is 27.5 Å². The van der Waals surface area contributed by atoms with Crippen LogP contribution in [0.25, 0.3) is 11.3 Å². The molecule has 0 radical (unpaired) electrons. The molecule has 1 aromatic heterocycles. The van der Waals surface area contributed by atoms with Gasteiger partial charge in [-0.15, -0.1) is 0 Å². The molecule has 26 heavy (non-hydrogen) atoms. The van der Waals surface area contributed by atoms with Crippen molar-refractivity contribution >= 4 is 44.8 Å². The third-order valence-corrected chi connectivity index (χ3v) is 4.83. The predicted molar refractivity (Wildman–Crippen MR) is 95.3 cm³/mol. The van der Waals surface area contributed by atoms with Gasteiger partial charge in [0.05, 0.1) is 9.85 Å². The van der Waals surface area contributed by atoms with E-state index in [9.17, 15) is 23.1 Å². The fourth-order valence-corrected chi connectivity index (χ4v) is 3.15. The molecule has 2 atom stereocenters. The maximum Gasteiger partial charge on any atom is 0.308 e. The van der Waals surface area contributed by atoms with Gasteiger partial charge in [-0.1, -0.05) is 27.5 Å². The lowest BCUT2D eigenvalue weighted by molar-refractivity contribution is -0.132. The minimum Gasteiger partial charge on any atom is -0.760 e. The molecule has 7 nitrogen and oxygen atoms in total. The van der Waals surface area contributed by atoms with Crippen molar-refractivity contribution in [2.45, 2.75) is 18.2 Å². The van der Waals surface area contributed by atoms with Gasteiger partial charge in [0, 0.05) is 30.3 Å². The van der Waals surface area contributed by atoms with Crippen LogP contribution in [-0.2, 0) is 16.1 Å². The second-order valence-corrected chi connectivity index (χ2v) is 7.35. The second kappa shape index (κ2) is 8.96. The first kappa shape index (κ1) is 20.8. The third-order valence-electron chi connectivity index (χ3n) is 3.19. The number of esters is 1. The van der Waals surface area contributed by atoms with Crippen LogP contribution in [0, 0.1) is 5.82 Å². The Kier molecular flexibility index (Phi) is 7.18. The van der Waals surface area contributed by atoms with E-state index in [0.717, 1.165) is 19.1 Å². The summed E-state index contributed by atoms with van der Waals surface area (Å²) in [5.74, 6) is -2.23. The van der Waals surface area contributed by atoms with Crippen LogP contribution in [0.5, 0.6) is 11.5 Å². The Balaban J connectivity index is 2.45. The number of hydrogen-bond acceptors (Lipinski definition) is 6. The van der Waals surface area contributed by atoms with Crippen molar-refractivity contribution in [1.82, 2.24) is 4.72 Å². The molecule has 1 heterocycles. The number of aromatic hydroxyl groups is 1. The number of hydrogen-bond donors (Lipinski definition) is 2. The number of carbonyl (C=O) groups is 1. The average Bonchev–Trinajstić information content (AvgIpc) is 2.86. The summed E-state index contributed by atoms with van der Waals surface area (Å²) < 4.78 is 47.4. The van der Waals surface area contributed by atoms with Crippen LogP contribution < -0.4 is 9.46 Å². The molecule has 0 bridgehead atoms. The Morgan fingerprint density at radius 2 is 2.27 bits per heavy atom. The van der Waals surface area contributed by atoms with E-state index in [1.807, 2.05) is 0 Å². The van der Waals surface area contributed by atoms with Crippen molar-refractivity contribution in [2.75, 3.05) is 6.54 Å². The summed E-state index contributed by atoms with van der Waals surface area (Å²) in [5, 5.41) is 10.5. The highest BCUT2D eigenvalue weighted by molar-refractivity contribution is 9.09. The van der Waals surface area contributed by atoms with E-state index in [1.54, 1.807) is 0 Å². The lowest BCUT2D eigenvalue weighted by Crippen LogP contribution is -2.18. The quantitative estimate of drug-likeness (QED) is 0.364. The van der Waals surface area contributed by atoms with E-state index in [0.29, 0.717) is 0 Å². The number of benzene rings is 1. The van der Waals surface area contributed by atoms with Gasteiger partial charge in [-0.05, 0) is 24.6 Å². The molecule has 142 valence electrons. The van der Waals surface area contributed by atoms with Crippen LogP contribution in [-0.4, -0.2) is 26.4 Å². The fraction of sp³-hybridized carbons (Fsp3) is 0.267. The molecule has 0 spiro atoms. The summed E-state index contributed by atoms with van der Waals surface area (Å²) in [6, 6.07) is 3.49. The van der Waals surface area contributed by atoms with Gasteiger partial charge in [-0.2, -0.15) is 0 Å². The van der Waals surface area contributed by atoms with Crippen molar-refractivity contribution in [2.24, 2.45) is 0 Å². The summed E-state index contributed by atoms with van der Waals surface area (Å²) in [7, 11) is 0. The van der Waals surface area contributed by atoms with Crippen LogP contribution in [0.3, 0.4) is 0 Å². The van der Waals surface area contributed by atoms with E-state index < -0.39 is 33.6 Å². The summed E-state index contributed by atoms with van der Waals surface area (Å²) in [5.41, 5.74) is 0.0716. The lowest BCUT2D eigenvalue weighted by Gasteiger charge is -2.11.